The van der Waals surface area contributed by atoms with Crippen LogP contribution in [0.1, 0.15) is 5.56 Å². The van der Waals surface area contributed by atoms with Crippen molar-refractivity contribution in [3.05, 3.63) is 71.9 Å². The number of amides is 2. The highest BCUT2D eigenvalue weighted by molar-refractivity contribution is 6.30. The Hall–Kier alpha value is -3.06. The van der Waals surface area contributed by atoms with E-state index in [0.717, 1.165) is 35.2 Å². The highest BCUT2D eigenvalue weighted by Gasteiger charge is 2.21. The Labute approximate surface area is 168 Å². The van der Waals surface area contributed by atoms with E-state index in [2.05, 4.69) is 20.2 Å². The summed E-state index contributed by atoms with van der Waals surface area (Å²) in [6, 6.07) is 11.6. The maximum Gasteiger partial charge on any atom is 0.317 e. The van der Waals surface area contributed by atoms with Crippen LogP contribution in [-0.2, 0) is 6.54 Å². The molecule has 0 spiro atoms. The summed E-state index contributed by atoms with van der Waals surface area (Å²) in [5.74, 6) is 0.796. The number of carbonyl (C=O) groups excluding carboxylic acids is 1. The lowest BCUT2D eigenvalue weighted by Crippen LogP contribution is -2.51. The topological polar surface area (TPSA) is 66.3 Å². The molecule has 1 N–H and O–H groups in total. The van der Waals surface area contributed by atoms with Crippen LogP contribution in [0.2, 0.25) is 5.02 Å². The van der Waals surface area contributed by atoms with Gasteiger partial charge in [0.2, 0.25) is 0 Å². The molecule has 0 atom stereocenters. The lowest BCUT2D eigenvalue weighted by Gasteiger charge is -2.36. The molecule has 0 unspecified atom stereocenters. The van der Waals surface area contributed by atoms with Crippen molar-refractivity contribution in [1.82, 2.24) is 24.8 Å². The summed E-state index contributed by atoms with van der Waals surface area (Å²) in [6.07, 6.45) is 7.02. The van der Waals surface area contributed by atoms with Crippen LogP contribution in [0, 0.1) is 0 Å². The standard InChI is InChI=1S/C20H21ClN6O/c21-17-2-1-3-18(12-17)25-8-10-26(11-9-25)20(28)24-14-16-4-5-19(23-13-16)27-7-6-22-15-27/h1-7,12-13,15H,8-11,14H2,(H,24,28). The number of imidazole rings is 1. The minimum absolute atomic E-state index is 0.0515. The number of aromatic nitrogens is 3. The number of anilines is 1. The van der Waals surface area contributed by atoms with E-state index >= 15 is 0 Å². The molecule has 0 aliphatic carbocycles. The van der Waals surface area contributed by atoms with Gasteiger partial charge in [-0.1, -0.05) is 23.7 Å². The van der Waals surface area contributed by atoms with Crippen LogP contribution in [-0.4, -0.2) is 51.6 Å². The second-order valence-electron chi connectivity index (χ2n) is 6.61. The lowest BCUT2D eigenvalue weighted by atomic mass is 10.2. The maximum absolute atomic E-state index is 12.5. The van der Waals surface area contributed by atoms with E-state index in [4.69, 9.17) is 11.6 Å². The first-order valence-electron chi connectivity index (χ1n) is 9.15. The van der Waals surface area contributed by atoms with Gasteiger partial charge in [-0.2, -0.15) is 0 Å². The minimum Gasteiger partial charge on any atom is -0.368 e. The number of hydrogen-bond donors (Lipinski definition) is 1. The molecule has 1 saturated heterocycles. The Bertz CT molecular complexity index is 920. The van der Waals surface area contributed by atoms with Crippen molar-refractivity contribution in [3.63, 3.8) is 0 Å². The molecule has 1 aromatic carbocycles. The predicted octanol–water partition coefficient (Wildman–Crippen LogP) is 2.95. The zero-order valence-corrected chi connectivity index (χ0v) is 16.1. The Kier molecular flexibility index (Phi) is 5.43. The van der Waals surface area contributed by atoms with Crippen LogP contribution in [0.4, 0.5) is 10.5 Å². The summed E-state index contributed by atoms with van der Waals surface area (Å²) < 4.78 is 1.84. The average Bonchev–Trinajstić information content (AvgIpc) is 3.27. The molecule has 0 saturated carbocycles. The third-order valence-corrected chi connectivity index (χ3v) is 5.00. The van der Waals surface area contributed by atoms with Crippen LogP contribution in [0.15, 0.2) is 61.3 Å². The van der Waals surface area contributed by atoms with Crippen LogP contribution < -0.4 is 10.2 Å². The van der Waals surface area contributed by atoms with Gasteiger partial charge in [-0.25, -0.2) is 14.8 Å². The van der Waals surface area contributed by atoms with Crippen molar-refractivity contribution < 1.29 is 4.79 Å². The summed E-state index contributed by atoms with van der Waals surface area (Å²) in [5.41, 5.74) is 2.05. The molecule has 3 heterocycles. The summed E-state index contributed by atoms with van der Waals surface area (Å²) in [5, 5.41) is 3.70. The number of pyridine rings is 1. The molecule has 7 nitrogen and oxygen atoms in total. The van der Waals surface area contributed by atoms with Gasteiger partial charge in [0.25, 0.3) is 0 Å². The van der Waals surface area contributed by atoms with Gasteiger partial charge < -0.3 is 15.1 Å². The molecular weight excluding hydrogens is 376 g/mol. The molecule has 4 rings (SSSR count). The first-order valence-corrected chi connectivity index (χ1v) is 9.53. The first kappa shape index (κ1) is 18.3. The van der Waals surface area contributed by atoms with E-state index in [-0.39, 0.29) is 6.03 Å². The molecule has 0 radical (unpaired) electrons. The Morgan fingerprint density at radius 1 is 1.14 bits per heavy atom. The van der Waals surface area contributed by atoms with Crippen molar-refractivity contribution in [1.29, 1.82) is 0 Å². The number of carbonyl (C=O) groups is 1. The fraction of sp³-hybridized carbons (Fsp3) is 0.250. The van der Waals surface area contributed by atoms with Gasteiger partial charge in [0.15, 0.2) is 0 Å². The first-order chi connectivity index (χ1) is 13.7. The third-order valence-electron chi connectivity index (χ3n) is 4.76. The van der Waals surface area contributed by atoms with Gasteiger partial charge in [0.05, 0.1) is 0 Å². The monoisotopic (exact) mass is 396 g/mol. The molecule has 2 amide bonds. The second kappa shape index (κ2) is 8.31. The SMILES string of the molecule is O=C(NCc1ccc(-n2ccnc2)nc1)N1CCN(c2cccc(Cl)c2)CC1. The molecule has 1 aliphatic rings. The van der Waals surface area contributed by atoms with E-state index in [1.165, 1.54) is 0 Å². The maximum atomic E-state index is 12.5. The highest BCUT2D eigenvalue weighted by atomic mass is 35.5. The fourth-order valence-electron chi connectivity index (χ4n) is 3.20. The number of halogens is 1. The van der Waals surface area contributed by atoms with Gasteiger partial charge in [0, 0.05) is 62.0 Å². The van der Waals surface area contributed by atoms with Crippen LogP contribution in [0.5, 0.6) is 0 Å². The second-order valence-corrected chi connectivity index (χ2v) is 7.04. The van der Waals surface area contributed by atoms with Crippen LogP contribution in [0.3, 0.4) is 0 Å². The number of urea groups is 1. The number of nitrogens with zero attached hydrogens (tertiary/aromatic N) is 5. The normalized spacial score (nSPS) is 14.2. The number of benzene rings is 1. The third kappa shape index (κ3) is 4.26. The van der Waals surface area contributed by atoms with E-state index in [1.807, 2.05) is 52.1 Å². The molecule has 0 bridgehead atoms. The predicted molar refractivity (Wildman–Crippen MR) is 109 cm³/mol. The summed E-state index contributed by atoms with van der Waals surface area (Å²) in [6.45, 7) is 3.38. The number of nitrogens with one attached hydrogen (secondary N) is 1. The van der Waals surface area contributed by atoms with Crippen molar-refractivity contribution in [3.8, 4) is 5.82 Å². The highest BCUT2D eigenvalue weighted by Crippen LogP contribution is 2.20. The Morgan fingerprint density at radius 2 is 2.00 bits per heavy atom. The number of hydrogen-bond acceptors (Lipinski definition) is 4. The zero-order valence-electron chi connectivity index (χ0n) is 15.3. The zero-order chi connectivity index (χ0) is 19.3. The summed E-state index contributed by atoms with van der Waals surface area (Å²) in [7, 11) is 0. The van der Waals surface area contributed by atoms with E-state index in [9.17, 15) is 4.79 Å². The summed E-state index contributed by atoms with van der Waals surface area (Å²) >= 11 is 6.07. The smallest absolute Gasteiger partial charge is 0.317 e. The molecule has 2 aromatic heterocycles. The van der Waals surface area contributed by atoms with Crippen molar-refractivity contribution in [2.24, 2.45) is 0 Å². The largest absolute Gasteiger partial charge is 0.368 e. The van der Waals surface area contributed by atoms with E-state index in [0.29, 0.717) is 19.6 Å². The van der Waals surface area contributed by atoms with Gasteiger partial charge in [-0.15, -0.1) is 0 Å². The summed E-state index contributed by atoms with van der Waals surface area (Å²) in [4.78, 5) is 25.0. The van der Waals surface area contributed by atoms with Crippen molar-refractivity contribution in [2.75, 3.05) is 31.1 Å². The van der Waals surface area contributed by atoms with E-state index in [1.54, 1.807) is 18.7 Å². The van der Waals surface area contributed by atoms with Crippen LogP contribution >= 0.6 is 11.6 Å². The molecule has 3 aromatic rings. The molecule has 144 valence electrons. The van der Waals surface area contributed by atoms with E-state index < -0.39 is 0 Å². The van der Waals surface area contributed by atoms with Gasteiger partial charge in [-0.05, 0) is 29.8 Å². The lowest BCUT2D eigenvalue weighted by molar-refractivity contribution is 0.194. The van der Waals surface area contributed by atoms with Gasteiger partial charge >= 0.3 is 6.03 Å². The Balaban J connectivity index is 1.27. The number of piperazine rings is 1. The molecule has 28 heavy (non-hydrogen) atoms. The molecular formula is C20H21ClN6O. The quantitative estimate of drug-likeness (QED) is 0.736. The fourth-order valence-corrected chi connectivity index (χ4v) is 3.38. The van der Waals surface area contributed by atoms with Gasteiger partial charge in [-0.3, -0.25) is 4.57 Å². The molecule has 1 aliphatic heterocycles. The van der Waals surface area contributed by atoms with Crippen LogP contribution in [0.25, 0.3) is 5.82 Å². The molecule has 1 fully saturated rings. The van der Waals surface area contributed by atoms with Crippen molar-refractivity contribution >= 4 is 23.3 Å². The van der Waals surface area contributed by atoms with Crippen molar-refractivity contribution in [2.45, 2.75) is 6.54 Å². The van der Waals surface area contributed by atoms with Gasteiger partial charge in [0.1, 0.15) is 12.1 Å². The number of rotatable bonds is 4. The Morgan fingerprint density at radius 3 is 2.68 bits per heavy atom. The average molecular weight is 397 g/mol. The molecule has 8 heteroatoms. The minimum atomic E-state index is -0.0515.